The summed E-state index contributed by atoms with van der Waals surface area (Å²) in [6, 6.07) is 0. The van der Waals surface area contributed by atoms with Crippen LogP contribution in [0.3, 0.4) is 0 Å². The Kier molecular flexibility index (Phi) is 4.37. The van der Waals surface area contributed by atoms with Gasteiger partial charge in [-0.25, -0.2) is 0 Å². The van der Waals surface area contributed by atoms with E-state index in [1.807, 2.05) is 0 Å². The normalized spacial score (nSPS) is 28.3. The molecule has 0 radical (unpaired) electrons. The van der Waals surface area contributed by atoms with Gasteiger partial charge in [0.25, 0.3) is 5.56 Å². The molecule has 2 heterocycles. The second-order valence-corrected chi connectivity index (χ2v) is 4.34. The Bertz CT molecular complexity index is 578. The topological polar surface area (TPSA) is 183 Å². The number of carbonyl (C=O) groups excluding carboxylic acids is 1. The van der Waals surface area contributed by atoms with Crippen molar-refractivity contribution in [2.75, 3.05) is 23.0 Å². The number of aliphatic hydroxyl groups is 3. The van der Waals surface area contributed by atoms with Gasteiger partial charge in [0.1, 0.15) is 24.0 Å². The molecule has 0 spiro atoms. The van der Waals surface area contributed by atoms with Crippen LogP contribution in [-0.2, 0) is 9.53 Å². The number of ether oxygens (including phenoxy) is 1. The molecular formula is C10H15N5O6. The zero-order valence-electron chi connectivity index (χ0n) is 10.7. The number of hydrogen-bond acceptors (Lipinski definition) is 9. The Balaban J connectivity index is 2.27. The lowest BCUT2D eigenvalue weighted by Crippen LogP contribution is -2.37. The highest BCUT2D eigenvalue weighted by Crippen LogP contribution is 2.24. The summed E-state index contributed by atoms with van der Waals surface area (Å²) >= 11 is 0. The van der Waals surface area contributed by atoms with Crippen molar-refractivity contribution >= 4 is 23.9 Å². The smallest absolute Gasteiger partial charge is 0.278 e. The van der Waals surface area contributed by atoms with E-state index < -0.39 is 36.7 Å². The fraction of sp³-hybridized carbons (Fsp3) is 0.500. The fourth-order valence-corrected chi connectivity index (χ4v) is 1.94. The minimum absolute atomic E-state index is 0.141. The molecule has 0 bridgehead atoms. The van der Waals surface area contributed by atoms with Crippen LogP contribution in [0.1, 0.15) is 0 Å². The minimum atomic E-state index is -1.37. The Hall–Kier alpha value is -2.21. The predicted octanol–water partition coefficient (Wildman–Crippen LogP) is -3.23. The third kappa shape index (κ3) is 2.95. The van der Waals surface area contributed by atoms with Crippen LogP contribution in [0.15, 0.2) is 4.79 Å². The molecule has 1 fully saturated rings. The molecule has 1 amide bonds. The third-order valence-electron chi connectivity index (χ3n) is 2.96. The molecule has 1 aromatic heterocycles. The number of aliphatic hydroxyl groups excluding tert-OH is 3. The standard InChI is InChI=1S/C10H15N5O6/c11-10-14-7(4(12-2-17)8(20)15-10)13-9-6(19)5(18)3(1-16)21-9/h2-3,5-6,9,16,18-19H,1H2,(H,12,17)(H4,11,13,14,15,20)/t3-,5-,6-,9-/m1/s1. The number of anilines is 3. The number of amides is 1. The summed E-state index contributed by atoms with van der Waals surface area (Å²) in [5.41, 5.74) is 4.47. The van der Waals surface area contributed by atoms with Gasteiger partial charge >= 0.3 is 0 Å². The van der Waals surface area contributed by atoms with Crippen LogP contribution in [0.4, 0.5) is 17.5 Å². The molecule has 0 aromatic carbocycles. The first kappa shape index (κ1) is 15.2. The van der Waals surface area contributed by atoms with Crippen molar-refractivity contribution in [2.24, 2.45) is 0 Å². The molecule has 8 N–H and O–H groups in total. The van der Waals surface area contributed by atoms with Crippen molar-refractivity contribution in [3.8, 4) is 0 Å². The molecule has 1 aromatic rings. The van der Waals surface area contributed by atoms with Gasteiger partial charge in [0.15, 0.2) is 12.0 Å². The SMILES string of the molecule is Nc1nc(N[C@@H]2O[C@H](CO)[C@@H](O)[C@H]2O)c(NC=O)c(=O)[nH]1. The Labute approximate surface area is 117 Å². The van der Waals surface area contributed by atoms with E-state index in [0.717, 1.165) is 0 Å². The van der Waals surface area contributed by atoms with Crippen LogP contribution in [0.25, 0.3) is 0 Å². The van der Waals surface area contributed by atoms with Crippen molar-refractivity contribution in [3.05, 3.63) is 10.4 Å². The summed E-state index contributed by atoms with van der Waals surface area (Å²) in [5, 5.41) is 33.1. The molecule has 2 rings (SSSR count). The number of aromatic amines is 1. The highest BCUT2D eigenvalue weighted by atomic mass is 16.6. The number of rotatable bonds is 5. The highest BCUT2D eigenvalue weighted by molar-refractivity contribution is 5.78. The lowest BCUT2D eigenvalue weighted by molar-refractivity contribution is -0.105. The lowest BCUT2D eigenvalue weighted by atomic mass is 10.1. The molecule has 11 heteroatoms. The van der Waals surface area contributed by atoms with Crippen LogP contribution in [-0.4, -0.2) is 62.8 Å². The van der Waals surface area contributed by atoms with Gasteiger partial charge in [0, 0.05) is 0 Å². The maximum Gasteiger partial charge on any atom is 0.278 e. The largest absolute Gasteiger partial charge is 0.394 e. The molecule has 0 unspecified atom stereocenters. The Morgan fingerprint density at radius 3 is 2.71 bits per heavy atom. The van der Waals surface area contributed by atoms with E-state index in [-0.39, 0.29) is 23.9 Å². The van der Waals surface area contributed by atoms with E-state index in [4.69, 9.17) is 15.6 Å². The number of nitrogens with one attached hydrogen (secondary N) is 3. The highest BCUT2D eigenvalue weighted by Gasteiger charge is 2.42. The number of nitrogen functional groups attached to an aromatic ring is 1. The number of carbonyl (C=O) groups is 1. The first-order valence-electron chi connectivity index (χ1n) is 5.97. The number of nitrogens with zero attached hydrogens (tertiary/aromatic N) is 1. The van der Waals surface area contributed by atoms with Crippen molar-refractivity contribution < 1.29 is 24.9 Å². The van der Waals surface area contributed by atoms with Gasteiger partial charge in [-0.05, 0) is 0 Å². The average Bonchev–Trinajstić information content (AvgIpc) is 2.70. The van der Waals surface area contributed by atoms with Crippen LogP contribution in [0.2, 0.25) is 0 Å². The van der Waals surface area contributed by atoms with Gasteiger partial charge in [0.05, 0.1) is 6.61 Å². The summed E-state index contributed by atoms with van der Waals surface area (Å²) in [5.74, 6) is -0.358. The average molecular weight is 301 g/mol. The molecule has 4 atom stereocenters. The van der Waals surface area contributed by atoms with E-state index in [0.29, 0.717) is 0 Å². The van der Waals surface area contributed by atoms with Gasteiger partial charge in [-0.1, -0.05) is 0 Å². The lowest BCUT2D eigenvalue weighted by Gasteiger charge is -2.18. The summed E-state index contributed by atoms with van der Waals surface area (Å²) in [4.78, 5) is 28.1. The number of H-pyrrole nitrogens is 1. The Morgan fingerprint density at radius 2 is 2.14 bits per heavy atom. The van der Waals surface area contributed by atoms with Crippen LogP contribution < -0.4 is 21.9 Å². The maximum atomic E-state index is 11.7. The van der Waals surface area contributed by atoms with Gasteiger partial charge in [-0.2, -0.15) is 4.98 Å². The van der Waals surface area contributed by atoms with E-state index in [2.05, 4.69) is 20.6 Å². The molecular weight excluding hydrogens is 286 g/mol. The summed E-state index contributed by atoms with van der Waals surface area (Å²) < 4.78 is 5.18. The molecule has 116 valence electrons. The van der Waals surface area contributed by atoms with Crippen LogP contribution >= 0.6 is 0 Å². The summed E-state index contributed by atoms with van der Waals surface area (Å²) in [6.07, 6.45) is -4.54. The Morgan fingerprint density at radius 1 is 1.43 bits per heavy atom. The van der Waals surface area contributed by atoms with Crippen LogP contribution in [0.5, 0.6) is 0 Å². The van der Waals surface area contributed by atoms with E-state index in [9.17, 15) is 19.8 Å². The van der Waals surface area contributed by atoms with Gasteiger partial charge < -0.3 is 36.4 Å². The van der Waals surface area contributed by atoms with Crippen molar-refractivity contribution in [1.82, 2.24) is 9.97 Å². The van der Waals surface area contributed by atoms with Crippen molar-refractivity contribution in [1.29, 1.82) is 0 Å². The molecule has 1 aliphatic rings. The molecule has 0 aliphatic carbocycles. The monoisotopic (exact) mass is 301 g/mol. The van der Waals surface area contributed by atoms with E-state index in [1.165, 1.54) is 0 Å². The molecule has 1 saturated heterocycles. The van der Waals surface area contributed by atoms with Crippen LogP contribution in [0, 0.1) is 0 Å². The molecule has 21 heavy (non-hydrogen) atoms. The summed E-state index contributed by atoms with van der Waals surface area (Å²) in [6.45, 7) is -0.499. The second-order valence-electron chi connectivity index (χ2n) is 4.34. The second kappa shape index (κ2) is 6.05. The third-order valence-corrected chi connectivity index (χ3v) is 2.96. The predicted molar refractivity (Wildman–Crippen MR) is 70.3 cm³/mol. The van der Waals surface area contributed by atoms with E-state index in [1.54, 1.807) is 0 Å². The number of aromatic nitrogens is 2. The van der Waals surface area contributed by atoms with E-state index >= 15 is 0 Å². The van der Waals surface area contributed by atoms with Gasteiger partial charge in [-0.15, -0.1) is 0 Å². The van der Waals surface area contributed by atoms with Crippen molar-refractivity contribution in [3.63, 3.8) is 0 Å². The zero-order valence-corrected chi connectivity index (χ0v) is 10.7. The molecule has 0 saturated carbocycles. The quantitative estimate of drug-likeness (QED) is 0.275. The molecule has 11 nitrogen and oxygen atoms in total. The summed E-state index contributed by atoms with van der Waals surface area (Å²) in [7, 11) is 0. The van der Waals surface area contributed by atoms with Gasteiger partial charge in [-0.3, -0.25) is 14.6 Å². The minimum Gasteiger partial charge on any atom is -0.394 e. The first-order valence-corrected chi connectivity index (χ1v) is 5.97. The first-order chi connectivity index (χ1) is 9.97. The van der Waals surface area contributed by atoms with Crippen molar-refractivity contribution in [2.45, 2.75) is 24.5 Å². The van der Waals surface area contributed by atoms with Gasteiger partial charge in [0.2, 0.25) is 12.4 Å². The molecule has 1 aliphatic heterocycles. The number of nitrogens with two attached hydrogens (primary N) is 1. The number of hydrogen-bond donors (Lipinski definition) is 7. The maximum absolute atomic E-state index is 11.7. The fourth-order valence-electron chi connectivity index (χ4n) is 1.94. The zero-order chi connectivity index (χ0) is 15.6.